The van der Waals surface area contributed by atoms with Gasteiger partial charge in [-0.1, -0.05) is 27.7 Å². The molecular weight excluding hydrogens is 246 g/mol. The van der Waals surface area contributed by atoms with Crippen LogP contribution in [0, 0.1) is 11.8 Å². The maximum Gasteiger partial charge on any atom is 0.374 e. The number of hydrogen-bond acceptors (Lipinski definition) is 4. The van der Waals surface area contributed by atoms with E-state index in [9.17, 15) is 18.4 Å². The number of aliphatic hydroxyl groups excluding tert-OH is 1. The van der Waals surface area contributed by atoms with Crippen molar-refractivity contribution in [3.63, 3.8) is 0 Å². The van der Waals surface area contributed by atoms with Gasteiger partial charge in [0.1, 0.15) is 6.61 Å². The van der Waals surface area contributed by atoms with Crippen LogP contribution in [0.1, 0.15) is 34.6 Å². The van der Waals surface area contributed by atoms with Gasteiger partial charge in [-0.3, -0.25) is 4.79 Å². The number of carbonyl (C=O) groups excluding carboxylic acids is 2. The molecule has 0 saturated carbocycles. The Kier molecular flexibility index (Phi) is 9.61. The van der Waals surface area contributed by atoms with Crippen LogP contribution >= 0.6 is 0 Å². The Morgan fingerprint density at radius 3 is 1.83 bits per heavy atom. The first-order chi connectivity index (χ1) is 8.10. The Labute approximate surface area is 106 Å². The smallest absolute Gasteiger partial charge is 0.374 e. The van der Waals surface area contributed by atoms with E-state index < -0.39 is 30.2 Å². The third-order valence-electron chi connectivity index (χ3n) is 2.06. The molecule has 0 aliphatic heterocycles. The van der Waals surface area contributed by atoms with Crippen LogP contribution in [0.4, 0.5) is 8.78 Å². The van der Waals surface area contributed by atoms with Gasteiger partial charge in [-0.15, -0.1) is 0 Å². The standard InChI is InChI=1S/C7H12O3.C5H10F2O/c1-4-10-7(9)6(8)5(2)3;1-4(2)5(6,7)3-8/h5H,4H2,1-3H3;4,8H,3H2,1-2H3. The zero-order valence-electron chi connectivity index (χ0n) is 11.5. The third-order valence-corrected chi connectivity index (χ3v) is 2.06. The second kappa shape index (κ2) is 8.97. The largest absolute Gasteiger partial charge is 0.460 e. The summed E-state index contributed by atoms with van der Waals surface area (Å²) >= 11 is 0. The van der Waals surface area contributed by atoms with Crippen LogP contribution in [0.25, 0.3) is 0 Å². The van der Waals surface area contributed by atoms with Crippen molar-refractivity contribution in [1.82, 2.24) is 0 Å². The van der Waals surface area contributed by atoms with Gasteiger partial charge < -0.3 is 9.84 Å². The minimum absolute atomic E-state index is 0.261. The highest BCUT2D eigenvalue weighted by atomic mass is 19.3. The summed E-state index contributed by atoms with van der Waals surface area (Å²) in [6, 6.07) is 0. The van der Waals surface area contributed by atoms with Gasteiger partial charge in [0.05, 0.1) is 6.61 Å². The summed E-state index contributed by atoms with van der Waals surface area (Å²) in [5, 5.41) is 8.01. The molecule has 108 valence electrons. The average Bonchev–Trinajstić information content (AvgIpc) is 2.28. The number of carbonyl (C=O) groups is 2. The van der Waals surface area contributed by atoms with Crippen molar-refractivity contribution in [3.05, 3.63) is 0 Å². The fourth-order valence-electron chi connectivity index (χ4n) is 0.621. The number of ether oxygens (including phenoxy) is 1. The first-order valence-corrected chi connectivity index (χ1v) is 5.79. The lowest BCUT2D eigenvalue weighted by Crippen LogP contribution is -2.27. The van der Waals surface area contributed by atoms with Crippen LogP contribution < -0.4 is 0 Å². The zero-order valence-corrected chi connectivity index (χ0v) is 11.5. The van der Waals surface area contributed by atoms with Crippen molar-refractivity contribution in [2.45, 2.75) is 40.5 Å². The van der Waals surface area contributed by atoms with Gasteiger partial charge in [-0.05, 0) is 6.92 Å². The number of hydrogen-bond donors (Lipinski definition) is 1. The minimum atomic E-state index is -2.90. The number of esters is 1. The molecule has 0 aromatic heterocycles. The van der Waals surface area contributed by atoms with Gasteiger partial charge in [0, 0.05) is 11.8 Å². The molecule has 0 amide bonds. The summed E-state index contributed by atoms with van der Waals surface area (Å²) in [5.41, 5.74) is 0. The molecule has 0 bridgehead atoms. The van der Waals surface area contributed by atoms with Gasteiger partial charge in [-0.25, -0.2) is 13.6 Å². The van der Waals surface area contributed by atoms with E-state index >= 15 is 0 Å². The van der Waals surface area contributed by atoms with Crippen LogP contribution in [0.3, 0.4) is 0 Å². The average molecular weight is 268 g/mol. The molecule has 1 N–H and O–H groups in total. The van der Waals surface area contributed by atoms with Crippen molar-refractivity contribution in [2.75, 3.05) is 13.2 Å². The molecule has 0 unspecified atom stereocenters. The molecule has 0 fully saturated rings. The molecule has 0 radical (unpaired) electrons. The number of rotatable bonds is 5. The van der Waals surface area contributed by atoms with E-state index in [1.807, 2.05) is 0 Å². The van der Waals surface area contributed by atoms with Crippen molar-refractivity contribution >= 4 is 11.8 Å². The lowest BCUT2D eigenvalue weighted by molar-refractivity contribution is -0.154. The highest BCUT2D eigenvalue weighted by molar-refractivity contribution is 6.34. The van der Waals surface area contributed by atoms with Gasteiger partial charge in [0.2, 0.25) is 5.78 Å². The van der Waals surface area contributed by atoms with Crippen LogP contribution in [0.15, 0.2) is 0 Å². The fraction of sp³-hybridized carbons (Fsp3) is 0.833. The molecule has 0 aromatic rings. The molecular formula is C12H22F2O4. The molecule has 6 heteroatoms. The Morgan fingerprint density at radius 2 is 1.67 bits per heavy atom. The number of aliphatic hydroxyl groups is 1. The molecule has 0 aliphatic carbocycles. The van der Waals surface area contributed by atoms with E-state index in [-0.39, 0.29) is 12.5 Å². The predicted octanol–water partition coefficient (Wildman–Crippen LogP) is 2.04. The van der Waals surface area contributed by atoms with E-state index in [4.69, 9.17) is 5.11 Å². The second-order valence-corrected chi connectivity index (χ2v) is 4.31. The second-order valence-electron chi connectivity index (χ2n) is 4.31. The van der Waals surface area contributed by atoms with Gasteiger partial charge in [0.25, 0.3) is 5.92 Å². The summed E-state index contributed by atoms with van der Waals surface area (Å²) in [4.78, 5) is 21.4. The molecule has 0 heterocycles. The Hall–Kier alpha value is -1.04. The number of alkyl halides is 2. The molecule has 0 spiro atoms. The fourth-order valence-corrected chi connectivity index (χ4v) is 0.621. The maximum absolute atomic E-state index is 12.0. The van der Waals surface area contributed by atoms with Crippen LogP contribution in [0.2, 0.25) is 0 Å². The summed E-state index contributed by atoms with van der Waals surface area (Å²) in [6.45, 7) is 6.96. The Morgan fingerprint density at radius 1 is 1.22 bits per heavy atom. The molecule has 0 aliphatic rings. The summed E-state index contributed by atoms with van der Waals surface area (Å²) in [5.74, 6) is -5.12. The molecule has 18 heavy (non-hydrogen) atoms. The monoisotopic (exact) mass is 268 g/mol. The highest BCUT2D eigenvalue weighted by Gasteiger charge is 2.31. The van der Waals surface area contributed by atoms with E-state index in [0.717, 1.165) is 0 Å². The van der Waals surface area contributed by atoms with E-state index in [0.29, 0.717) is 0 Å². The van der Waals surface area contributed by atoms with Crippen molar-refractivity contribution < 1.29 is 28.2 Å². The SMILES string of the molecule is CC(C)C(F)(F)CO.CCOC(=O)C(=O)C(C)C. The number of halogens is 2. The third kappa shape index (κ3) is 8.11. The van der Waals surface area contributed by atoms with Crippen molar-refractivity contribution in [2.24, 2.45) is 11.8 Å². The summed E-state index contributed by atoms with van der Waals surface area (Å²) in [6.07, 6.45) is 0. The van der Waals surface area contributed by atoms with Crippen molar-refractivity contribution in [1.29, 1.82) is 0 Å². The first kappa shape index (κ1) is 19.3. The number of ketones is 1. The van der Waals surface area contributed by atoms with Gasteiger partial charge in [-0.2, -0.15) is 0 Å². The first-order valence-electron chi connectivity index (χ1n) is 5.79. The van der Waals surface area contributed by atoms with Crippen LogP contribution in [-0.2, 0) is 14.3 Å². The van der Waals surface area contributed by atoms with E-state index in [2.05, 4.69) is 4.74 Å². The normalized spacial score (nSPS) is 11.0. The van der Waals surface area contributed by atoms with E-state index in [1.165, 1.54) is 13.8 Å². The minimum Gasteiger partial charge on any atom is -0.460 e. The van der Waals surface area contributed by atoms with Gasteiger partial charge >= 0.3 is 5.97 Å². The quantitative estimate of drug-likeness (QED) is 0.612. The molecule has 4 nitrogen and oxygen atoms in total. The topological polar surface area (TPSA) is 63.6 Å². The lowest BCUT2D eigenvalue weighted by Gasteiger charge is -2.16. The predicted molar refractivity (Wildman–Crippen MR) is 63.3 cm³/mol. The molecule has 0 aromatic carbocycles. The lowest BCUT2D eigenvalue weighted by atomic mass is 10.1. The zero-order chi connectivity index (χ0) is 14.9. The molecule has 0 rings (SSSR count). The Balaban J connectivity index is 0. The highest BCUT2D eigenvalue weighted by Crippen LogP contribution is 2.22. The van der Waals surface area contributed by atoms with Crippen LogP contribution in [-0.4, -0.2) is 36.0 Å². The van der Waals surface area contributed by atoms with Crippen molar-refractivity contribution in [3.8, 4) is 0 Å². The van der Waals surface area contributed by atoms with Crippen LogP contribution in [0.5, 0.6) is 0 Å². The molecule has 0 saturated heterocycles. The van der Waals surface area contributed by atoms with Gasteiger partial charge in [0.15, 0.2) is 0 Å². The molecule has 0 atom stereocenters. The number of Topliss-reactive ketones (excluding diaryl/α,β-unsaturated/α-hetero) is 1. The maximum atomic E-state index is 12.0. The Bertz CT molecular complexity index is 263. The summed E-state index contributed by atoms with van der Waals surface area (Å²) < 4.78 is 28.5. The summed E-state index contributed by atoms with van der Waals surface area (Å²) in [7, 11) is 0. The van der Waals surface area contributed by atoms with E-state index in [1.54, 1.807) is 20.8 Å².